The molecule has 0 aliphatic heterocycles. The smallest absolute Gasteiger partial charge is 0.256 e. The van der Waals surface area contributed by atoms with Crippen LogP contribution in [0.5, 0.6) is 0 Å². The molecule has 1 heterocycles. The quantitative estimate of drug-likeness (QED) is 0.716. The fourth-order valence-electron chi connectivity index (χ4n) is 3.07. The van der Waals surface area contributed by atoms with E-state index in [1.165, 1.54) is 0 Å². The van der Waals surface area contributed by atoms with Crippen molar-refractivity contribution >= 4 is 48.1 Å². The first kappa shape index (κ1) is 22.9. The van der Waals surface area contributed by atoms with Crippen molar-refractivity contribution in [3.8, 4) is 0 Å². The van der Waals surface area contributed by atoms with Crippen LogP contribution < -0.4 is 16.4 Å². The fraction of sp³-hybridized carbons (Fsp3) is 0.316. The monoisotopic (exact) mass is 410 g/mol. The lowest BCUT2D eigenvalue weighted by Crippen LogP contribution is -2.34. The van der Waals surface area contributed by atoms with Crippen LogP contribution in [-0.4, -0.2) is 22.8 Å². The maximum Gasteiger partial charge on any atom is 0.256 e. The van der Waals surface area contributed by atoms with Crippen molar-refractivity contribution in [2.45, 2.75) is 31.7 Å². The molecule has 2 amide bonds. The number of nitrogens with two attached hydrogens (primary N) is 1. The third-order valence-corrected chi connectivity index (χ3v) is 4.38. The van der Waals surface area contributed by atoms with Crippen molar-refractivity contribution in [2.24, 2.45) is 11.7 Å². The lowest BCUT2D eigenvalue weighted by molar-refractivity contribution is -0.120. The Morgan fingerprint density at radius 1 is 1.04 bits per heavy atom. The standard InChI is InChI=1S/C19H22N4O2.2ClH/c20-15-7-3-5-13(11-15)18(24)22-16-8-4-6-14(12-16)19(25)23-17-9-1-2-10-21-17;;/h1-2,4,6,8-10,12-13,15H,3,5,7,11,20H2,(H,22,24)(H,21,23,25);2*1H. The molecule has 0 radical (unpaired) electrons. The molecule has 6 nitrogen and oxygen atoms in total. The third kappa shape index (κ3) is 6.50. The highest BCUT2D eigenvalue weighted by Crippen LogP contribution is 2.24. The summed E-state index contributed by atoms with van der Waals surface area (Å²) in [7, 11) is 0. The lowest BCUT2D eigenvalue weighted by Gasteiger charge is -2.25. The molecule has 27 heavy (non-hydrogen) atoms. The Hall–Kier alpha value is -2.15. The topological polar surface area (TPSA) is 97.1 Å². The van der Waals surface area contributed by atoms with Gasteiger partial charge in [-0.3, -0.25) is 9.59 Å². The zero-order valence-corrected chi connectivity index (χ0v) is 16.4. The zero-order valence-electron chi connectivity index (χ0n) is 14.8. The van der Waals surface area contributed by atoms with Gasteiger partial charge in [-0.15, -0.1) is 24.8 Å². The van der Waals surface area contributed by atoms with E-state index in [-0.39, 0.29) is 48.6 Å². The maximum absolute atomic E-state index is 12.4. The van der Waals surface area contributed by atoms with Gasteiger partial charge >= 0.3 is 0 Å². The Morgan fingerprint density at radius 3 is 2.56 bits per heavy atom. The maximum atomic E-state index is 12.4. The highest BCUT2D eigenvalue weighted by molar-refractivity contribution is 6.05. The molecule has 2 atom stereocenters. The van der Waals surface area contributed by atoms with Crippen LogP contribution in [0.15, 0.2) is 48.7 Å². The summed E-state index contributed by atoms with van der Waals surface area (Å²) in [4.78, 5) is 28.8. The first-order valence-electron chi connectivity index (χ1n) is 8.51. The number of nitrogens with zero attached hydrogens (tertiary/aromatic N) is 1. The predicted molar refractivity (Wildman–Crippen MR) is 112 cm³/mol. The van der Waals surface area contributed by atoms with E-state index >= 15 is 0 Å². The van der Waals surface area contributed by atoms with E-state index < -0.39 is 0 Å². The zero-order chi connectivity index (χ0) is 17.6. The average Bonchev–Trinajstić information content (AvgIpc) is 2.63. The second-order valence-corrected chi connectivity index (χ2v) is 6.36. The minimum Gasteiger partial charge on any atom is -0.328 e. The summed E-state index contributed by atoms with van der Waals surface area (Å²) in [6.45, 7) is 0. The number of rotatable bonds is 4. The summed E-state index contributed by atoms with van der Waals surface area (Å²) in [6, 6.07) is 12.3. The number of hydrogen-bond acceptors (Lipinski definition) is 4. The van der Waals surface area contributed by atoms with E-state index in [2.05, 4.69) is 15.6 Å². The van der Waals surface area contributed by atoms with E-state index in [0.29, 0.717) is 23.5 Å². The molecule has 4 N–H and O–H groups in total. The minimum atomic E-state index is -0.269. The molecular weight excluding hydrogens is 387 g/mol. The van der Waals surface area contributed by atoms with Gasteiger partial charge in [-0.2, -0.15) is 0 Å². The van der Waals surface area contributed by atoms with Gasteiger partial charge in [0.05, 0.1) is 0 Å². The number of amides is 2. The molecular formula is C19H24Cl2N4O2. The Balaban J connectivity index is 0.00000182. The van der Waals surface area contributed by atoms with Gasteiger partial charge in [0.15, 0.2) is 0 Å². The van der Waals surface area contributed by atoms with E-state index in [9.17, 15) is 9.59 Å². The van der Waals surface area contributed by atoms with Gasteiger partial charge in [0.2, 0.25) is 5.91 Å². The normalized spacial score (nSPS) is 18.4. The summed E-state index contributed by atoms with van der Waals surface area (Å²) >= 11 is 0. The van der Waals surface area contributed by atoms with Crippen LogP contribution in [0.2, 0.25) is 0 Å². The number of nitrogens with one attached hydrogen (secondary N) is 2. The molecule has 1 saturated carbocycles. The van der Waals surface area contributed by atoms with E-state index in [0.717, 1.165) is 19.3 Å². The molecule has 0 bridgehead atoms. The summed E-state index contributed by atoms with van der Waals surface area (Å²) in [5, 5.41) is 5.63. The van der Waals surface area contributed by atoms with Gasteiger partial charge in [0.1, 0.15) is 5.82 Å². The number of carbonyl (C=O) groups is 2. The van der Waals surface area contributed by atoms with E-state index in [1.54, 1.807) is 48.7 Å². The van der Waals surface area contributed by atoms with Crippen molar-refractivity contribution in [2.75, 3.05) is 10.6 Å². The highest BCUT2D eigenvalue weighted by Gasteiger charge is 2.25. The number of aromatic nitrogens is 1. The first-order valence-corrected chi connectivity index (χ1v) is 8.51. The Morgan fingerprint density at radius 2 is 1.85 bits per heavy atom. The number of hydrogen-bond donors (Lipinski definition) is 3. The van der Waals surface area contributed by atoms with E-state index in [1.807, 2.05) is 0 Å². The third-order valence-electron chi connectivity index (χ3n) is 4.38. The van der Waals surface area contributed by atoms with Crippen molar-refractivity contribution in [1.82, 2.24) is 4.98 Å². The van der Waals surface area contributed by atoms with Crippen LogP contribution in [-0.2, 0) is 4.79 Å². The number of pyridine rings is 1. The molecule has 1 aromatic heterocycles. The highest BCUT2D eigenvalue weighted by atomic mass is 35.5. The van der Waals surface area contributed by atoms with Crippen LogP contribution in [0.4, 0.5) is 11.5 Å². The van der Waals surface area contributed by atoms with Gasteiger partial charge < -0.3 is 16.4 Å². The molecule has 0 saturated heterocycles. The fourth-order valence-corrected chi connectivity index (χ4v) is 3.07. The Bertz CT molecular complexity index is 758. The number of halogens is 2. The summed E-state index contributed by atoms with van der Waals surface area (Å²) in [5.41, 5.74) is 7.03. The van der Waals surface area contributed by atoms with Gasteiger partial charge in [-0.05, 0) is 49.6 Å². The summed E-state index contributed by atoms with van der Waals surface area (Å²) in [5.74, 6) is 0.125. The molecule has 8 heteroatoms. The second kappa shape index (κ2) is 10.9. The molecule has 1 aliphatic rings. The SMILES string of the molecule is Cl.Cl.NC1CCCC(C(=O)Nc2cccc(C(=O)Nc3ccccn3)c2)C1. The summed E-state index contributed by atoms with van der Waals surface area (Å²) in [6.07, 6.45) is 5.14. The molecule has 146 valence electrons. The number of benzene rings is 1. The van der Waals surface area contributed by atoms with Gasteiger partial charge in [-0.1, -0.05) is 18.6 Å². The van der Waals surface area contributed by atoms with Crippen LogP contribution in [0.3, 0.4) is 0 Å². The van der Waals surface area contributed by atoms with Crippen molar-refractivity contribution < 1.29 is 9.59 Å². The van der Waals surface area contributed by atoms with Gasteiger partial charge in [-0.25, -0.2) is 4.98 Å². The Labute approximate surface area is 171 Å². The average molecular weight is 411 g/mol. The van der Waals surface area contributed by atoms with Crippen LogP contribution in [0.25, 0.3) is 0 Å². The van der Waals surface area contributed by atoms with Crippen LogP contribution in [0.1, 0.15) is 36.0 Å². The van der Waals surface area contributed by atoms with Gasteiger partial charge in [0.25, 0.3) is 5.91 Å². The van der Waals surface area contributed by atoms with Gasteiger partial charge in [0, 0.05) is 29.4 Å². The van der Waals surface area contributed by atoms with Crippen molar-refractivity contribution in [3.63, 3.8) is 0 Å². The van der Waals surface area contributed by atoms with Crippen LogP contribution in [0, 0.1) is 5.92 Å². The first-order chi connectivity index (χ1) is 12.1. The van der Waals surface area contributed by atoms with Crippen molar-refractivity contribution in [1.29, 1.82) is 0 Å². The molecule has 1 fully saturated rings. The summed E-state index contributed by atoms with van der Waals surface area (Å²) < 4.78 is 0. The van der Waals surface area contributed by atoms with E-state index in [4.69, 9.17) is 5.73 Å². The van der Waals surface area contributed by atoms with Crippen molar-refractivity contribution in [3.05, 3.63) is 54.2 Å². The minimum absolute atomic E-state index is 0. The molecule has 1 aromatic carbocycles. The Kier molecular flexibility index (Phi) is 9.21. The second-order valence-electron chi connectivity index (χ2n) is 6.36. The molecule has 2 aromatic rings. The molecule has 3 rings (SSSR count). The van der Waals surface area contributed by atoms with Crippen LogP contribution >= 0.6 is 24.8 Å². The largest absolute Gasteiger partial charge is 0.328 e. The molecule has 0 spiro atoms. The lowest BCUT2D eigenvalue weighted by atomic mass is 9.85. The molecule has 2 unspecified atom stereocenters. The predicted octanol–water partition coefficient (Wildman–Crippen LogP) is 3.63. The number of anilines is 2. The number of carbonyl (C=O) groups excluding carboxylic acids is 2. The molecule has 1 aliphatic carbocycles.